The first-order valence-electron chi connectivity index (χ1n) is 10.4. The van der Waals surface area contributed by atoms with Gasteiger partial charge in [-0.05, 0) is 43.2 Å². The summed E-state index contributed by atoms with van der Waals surface area (Å²) in [5.41, 5.74) is 7.82. The molecular weight excluding hydrogens is 398 g/mol. The smallest absolute Gasteiger partial charge is 0.336 e. The number of aromatic nitrogens is 3. The lowest BCUT2D eigenvalue weighted by atomic mass is 9.74. The molecule has 3 N–H and O–H groups in total. The number of hydrogen-bond acceptors (Lipinski definition) is 6. The molecule has 0 unspecified atom stereocenters. The molecule has 1 atom stereocenters. The number of hydrogen-bond donors (Lipinski definition) is 2. The van der Waals surface area contributed by atoms with Gasteiger partial charge in [-0.1, -0.05) is 30.3 Å². The fourth-order valence-electron chi connectivity index (χ4n) is 4.98. The lowest BCUT2D eigenvalue weighted by Crippen LogP contribution is -2.47. The quantitative estimate of drug-likeness (QED) is 0.661. The normalized spacial score (nSPS) is 20.8. The number of aromatic carboxylic acids is 1. The Morgan fingerprint density at radius 3 is 2.70 bits per heavy atom. The summed E-state index contributed by atoms with van der Waals surface area (Å²) in [5, 5.41) is 9.47. The second-order valence-corrected chi connectivity index (χ2v) is 9.38. The van der Waals surface area contributed by atoms with Crippen molar-refractivity contribution in [2.24, 2.45) is 11.1 Å². The summed E-state index contributed by atoms with van der Waals surface area (Å²) in [7, 11) is 0. The van der Waals surface area contributed by atoms with Crippen molar-refractivity contribution < 1.29 is 9.90 Å². The van der Waals surface area contributed by atoms with Gasteiger partial charge >= 0.3 is 5.97 Å². The highest BCUT2D eigenvalue weighted by Gasteiger charge is 2.43. The fraction of sp³-hybridized carbons (Fsp3) is 0.409. The number of fused-ring (bicyclic) bond motifs is 1. The minimum Gasteiger partial charge on any atom is -0.478 e. The van der Waals surface area contributed by atoms with Gasteiger partial charge in [0.2, 0.25) is 5.95 Å². The summed E-state index contributed by atoms with van der Waals surface area (Å²) in [4.78, 5) is 24.7. The Balaban J connectivity index is 1.42. The predicted molar refractivity (Wildman–Crippen MR) is 116 cm³/mol. The van der Waals surface area contributed by atoms with E-state index in [1.165, 1.54) is 24.6 Å². The predicted octanol–water partition coefficient (Wildman–Crippen LogP) is 3.68. The molecule has 1 saturated carbocycles. The lowest BCUT2D eigenvalue weighted by molar-refractivity contribution is 0.0693. The molecule has 2 aromatic heterocycles. The summed E-state index contributed by atoms with van der Waals surface area (Å²) in [6.45, 7) is 1.89. The van der Waals surface area contributed by atoms with Crippen LogP contribution in [-0.2, 0) is 0 Å². The molecular formula is C22H25N5O2S. The molecule has 3 aromatic rings. The Morgan fingerprint density at radius 1 is 1.17 bits per heavy atom. The van der Waals surface area contributed by atoms with Gasteiger partial charge in [0.15, 0.2) is 5.65 Å². The van der Waals surface area contributed by atoms with Crippen LogP contribution in [-0.4, -0.2) is 44.6 Å². The third-order valence-electron chi connectivity index (χ3n) is 6.73. The van der Waals surface area contributed by atoms with Crippen LogP contribution in [0.4, 0.5) is 5.95 Å². The molecule has 1 saturated heterocycles. The van der Waals surface area contributed by atoms with Crippen molar-refractivity contribution in [2.45, 2.75) is 47.9 Å². The first kappa shape index (κ1) is 19.4. The van der Waals surface area contributed by atoms with Crippen LogP contribution in [0, 0.1) is 5.41 Å². The third kappa shape index (κ3) is 3.24. The minimum absolute atomic E-state index is 0.283. The molecule has 2 fully saturated rings. The van der Waals surface area contributed by atoms with Crippen molar-refractivity contribution in [3.05, 3.63) is 48.4 Å². The molecule has 5 rings (SSSR count). The van der Waals surface area contributed by atoms with Gasteiger partial charge in [0.25, 0.3) is 0 Å². The summed E-state index contributed by atoms with van der Waals surface area (Å²) < 4.78 is 2.01. The number of piperidine rings is 1. The van der Waals surface area contributed by atoms with Gasteiger partial charge in [-0.15, -0.1) is 0 Å². The van der Waals surface area contributed by atoms with Crippen LogP contribution < -0.4 is 10.6 Å². The van der Waals surface area contributed by atoms with Crippen molar-refractivity contribution in [3.63, 3.8) is 0 Å². The van der Waals surface area contributed by atoms with Crippen molar-refractivity contribution in [1.29, 1.82) is 0 Å². The molecule has 1 aromatic carbocycles. The summed E-state index contributed by atoms with van der Waals surface area (Å²) in [5.74, 6) is -0.0470. The molecule has 2 aliphatic rings. The third-order valence-corrected chi connectivity index (χ3v) is 7.81. The van der Waals surface area contributed by atoms with Gasteiger partial charge in [0.1, 0.15) is 0 Å². The van der Waals surface area contributed by atoms with Crippen LogP contribution in [0.1, 0.15) is 42.5 Å². The van der Waals surface area contributed by atoms with E-state index in [4.69, 9.17) is 10.7 Å². The van der Waals surface area contributed by atoms with E-state index < -0.39 is 5.97 Å². The van der Waals surface area contributed by atoms with Crippen LogP contribution in [0.2, 0.25) is 0 Å². The van der Waals surface area contributed by atoms with E-state index in [9.17, 15) is 9.90 Å². The lowest BCUT2D eigenvalue weighted by Gasteiger charge is -2.42. The van der Waals surface area contributed by atoms with Crippen LogP contribution in [0.3, 0.4) is 0 Å². The highest BCUT2D eigenvalue weighted by atomic mass is 32.2. The number of anilines is 1. The molecule has 0 bridgehead atoms. The van der Waals surface area contributed by atoms with Crippen LogP contribution >= 0.6 is 11.8 Å². The summed E-state index contributed by atoms with van der Waals surface area (Å²) in [6, 6.07) is 7.34. The standard InChI is InChI=1S/C22H25N5O2S/c23-18-6-3-7-22(18)8-11-26(12-9-22)21-25-14-17(19-24-10-13-27(19)21)30-16-5-2-1-4-15(16)20(28)29/h1-2,4-5,10,13-14,18H,3,6-9,11-12,23H2,(H,28,29)/t18-/m1/s1. The van der Waals surface area contributed by atoms with Gasteiger partial charge < -0.3 is 15.7 Å². The Kier molecular flexibility index (Phi) is 4.91. The van der Waals surface area contributed by atoms with E-state index >= 15 is 0 Å². The van der Waals surface area contributed by atoms with Gasteiger partial charge in [-0.25, -0.2) is 14.8 Å². The number of carboxylic acids is 1. The average molecular weight is 424 g/mol. The van der Waals surface area contributed by atoms with E-state index in [0.29, 0.717) is 16.4 Å². The summed E-state index contributed by atoms with van der Waals surface area (Å²) in [6.07, 6.45) is 11.4. The maximum Gasteiger partial charge on any atom is 0.336 e. The first-order chi connectivity index (χ1) is 14.6. The highest BCUT2D eigenvalue weighted by Crippen LogP contribution is 2.46. The number of rotatable bonds is 4. The first-order valence-corrected chi connectivity index (χ1v) is 11.2. The second kappa shape index (κ2) is 7.59. The van der Waals surface area contributed by atoms with E-state index in [1.807, 2.05) is 28.9 Å². The Bertz CT molecular complexity index is 1090. The van der Waals surface area contributed by atoms with E-state index in [-0.39, 0.29) is 5.56 Å². The zero-order valence-corrected chi connectivity index (χ0v) is 17.5. The van der Waals surface area contributed by atoms with Gasteiger partial charge in [-0.3, -0.25) is 4.40 Å². The van der Waals surface area contributed by atoms with Gasteiger partial charge in [0.05, 0.1) is 10.5 Å². The van der Waals surface area contributed by atoms with E-state index in [1.54, 1.807) is 18.3 Å². The highest BCUT2D eigenvalue weighted by molar-refractivity contribution is 7.99. The van der Waals surface area contributed by atoms with Crippen LogP contribution in [0.15, 0.2) is 52.6 Å². The number of imidazole rings is 1. The maximum absolute atomic E-state index is 11.6. The Morgan fingerprint density at radius 2 is 1.97 bits per heavy atom. The molecule has 8 heteroatoms. The van der Waals surface area contributed by atoms with E-state index in [2.05, 4.69) is 9.88 Å². The molecule has 7 nitrogen and oxygen atoms in total. The molecule has 0 amide bonds. The Hall–Kier alpha value is -2.58. The van der Waals surface area contributed by atoms with Crippen molar-refractivity contribution >= 4 is 29.3 Å². The number of nitrogens with zero attached hydrogens (tertiary/aromatic N) is 4. The molecule has 1 aliphatic carbocycles. The van der Waals surface area contributed by atoms with Gasteiger partial charge in [0, 0.05) is 42.6 Å². The Labute approximate surface area is 179 Å². The SMILES string of the molecule is N[C@@H]1CCCC12CCN(c1ncc(Sc3ccccc3C(=O)O)c3nccn13)CC2. The molecule has 1 spiro atoms. The summed E-state index contributed by atoms with van der Waals surface area (Å²) >= 11 is 1.39. The number of nitrogens with two attached hydrogens (primary N) is 1. The minimum atomic E-state index is -0.936. The zero-order chi connectivity index (χ0) is 20.7. The fourth-order valence-corrected chi connectivity index (χ4v) is 5.98. The average Bonchev–Trinajstić information content (AvgIpc) is 3.37. The van der Waals surface area contributed by atoms with Gasteiger partial charge in [-0.2, -0.15) is 0 Å². The number of carboxylic acid groups (broad SMARTS) is 1. The number of carbonyl (C=O) groups is 1. The molecule has 1 aliphatic heterocycles. The molecule has 0 radical (unpaired) electrons. The van der Waals surface area contributed by atoms with Crippen molar-refractivity contribution in [3.8, 4) is 0 Å². The van der Waals surface area contributed by atoms with Crippen molar-refractivity contribution in [1.82, 2.24) is 14.4 Å². The second-order valence-electron chi connectivity index (χ2n) is 8.29. The van der Waals surface area contributed by atoms with Crippen LogP contribution in [0.5, 0.6) is 0 Å². The topological polar surface area (TPSA) is 96.8 Å². The van der Waals surface area contributed by atoms with Crippen molar-refractivity contribution in [2.75, 3.05) is 18.0 Å². The largest absolute Gasteiger partial charge is 0.478 e. The zero-order valence-electron chi connectivity index (χ0n) is 16.7. The number of benzene rings is 1. The maximum atomic E-state index is 11.6. The monoisotopic (exact) mass is 423 g/mol. The molecule has 156 valence electrons. The molecule has 3 heterocycles. The molecule has 30 heavy (non-hydrogen) atoms. The van der Waals surface area contributed by atoms with E-state index in [0.717, 1.165) is 48.8 Å². The van der Waals surface area contributed by atoms with Crippen LogP contribution in [0.25, 0.3) is 5.65 Å².